The summed E-state index contributed by atoms with van der Waals surface area (Å²) >= 11 is 1.32. The van der Waals surface area contributed by atoms with Gasteiger partial charge in [-0.3, -0.25) is 19.7 Å². The number of nitrogens with zero attached hydrogens (tertiary/aromatic N) is 1. The van der Waals surface area contributed by atoms with Crippen molar-refractivity contribution in [2.75, 3.05) is 5.43 Å². The third-order valence-electron chi connectivity index (χ3n) is 2.44. The Morgan fingerprint density at radius 2 is 2.33 bits per heavy atom. The van der Waals surface area contributed by atoms with Crippen LogP contribution in [0.2, 0.25) is 0 Å². The number of pyridine rings is 1. The Hall–Kier alpha value is -2.08. The fourth-order valence-corrected chi connectivity index (χ4v) is 2.13. The van der Waals surface area contributed by atoms with Crippen molar-refractivity contribution >= 4 is 17.2 Å². The monoisotopic (exact) mass is 264 g/mol. The molecule has 2 aromatic heterocycles. The van der Waals surface area contributed by atoms with Crippen molar-refractivity contribution in [2.45, 2.75) is 13.3 Å². The highest BCUT2D eigenvalue weighted by molar-refractivity contribution is 7.12. The van der Waals surface area contributed by atoms with E-state index in [9.17, 15) is 14.7 Å². The van der Waals surface area contributed by atoms with Crippen molar-refractivity contribution in [3.05, 3.63) is 50.6 Å². The standard InChI is InChI=1S/C12H12N2O3S/c1-2-8-6-9(15)10(16)7-14(8)13-12(17)11-4-3-5-18-11/h3-7,16H,2H2,1H3,(H,13,17). The highest BCUT2D eigenvalue weighted by atomic mass is 32.1. The van der Waals surface area contributed by atoms with E-state index in [1.807, 2.05) is 6.92 Å². The summed E-state index contributed by atoms with van der Waals surface area (Å²) in [5.74, 6) is -0.665. The molecule has 0 aliphatic rings. The molecule has 1 amide bonds. The number of thiophene rings is 1. The van der Waals surface area contributed by atoms with Gasteiger partial charge in [-0.2, -0.15) is 0 Å². The van der Waals surface area contributed by atoms with Gasteiger partial charge in [0.2, 0.25) is 5.43 Å². The second-order valence-electron chi connectivity index (χ2n) is 3.66. The van der Waals surface area contributed by atoms with Gasteiger partial charge in [-0.15, -0.1) is 11.3 Å². The van der Waals surface area contributed by atoms with Gasteiger partial charge >= 0.3 is 0 Å². The minimum absolute atomic E-state index is 0.275. The Balaban J connectivity index is 2.31. The molecule has 0 spiro atoms. The Morgan fingerprint density at radius 1 is 1.56 bits per heavy atom. The van der Waals surface area contributed by atoms with Crippen LogP contribution in [0.1, 0.15) is 22.3 Å². The molecule has 0 fully saturated rings. The summed E-state index contributed by atoms with van der Waals surface area (Å²) in [6.07, 6.45) is 1.78. The van der Waals surface area contributed by atoms with Crippen molar-refractivity contribution in [1.29, 1.82) is 0 Å². The summed E-state index contributed by atoms with van der Waals surface area (Å²) in [7, 11) is 0. The van der Waals surface area contributed by atoms with Crippen LogP contribution >= 0.6 is 11.3 Å². The van der Waals surface area contributed by atoms with Crippen LogP contribution in [0.15, 0.2) is 34.6 Å². The average molecular weight is 264 g/mol. The van der Waals surface area contributed by atoms with Gasteiger partial charge in [0.05, 0.1) is 11.1 Å². The fourth-order valence-electron chi connectivity index (χ4n) is 1.51. The SMILES string of the molecule is CCc1cc(=O)c(O)cn1NC(=O)c1cccs1. The molecule has 94 valence electrons. The summed E-state index contributed by atoms with van der Waals surface area (Å²) in [5.41, 5.74) is 2.80. The minimum Gasteiger partial charge on any atom is -0.503 e. The van der Waals surface area contributed by atoms with E-state index in [1.54, 1.807) is 17.5 Å². The number of hydrogen-bond donors (Lipinski definition) is 2. The first-order chi connectivity index (χ1) is 8.61. The number of aromatic hydroxyl groups is 1. The zero-order chi connectivity index (χ0) is 13.1. The first kappa shape index (κ1) is 12.4. The molecule has 0 saturated carbocycles. The minimum atomic E-state index is -0.450. The van der Waals surface area contributed by atoms with Crippen LogP contribution < -0.4 is 10.9 Å². The van der Waals surface area contributed by atoms with Crippen LogP contribution in [0.5, 0.6) is 5.75 Å². The lowest BCUT2D eigenvalue weighted by Gasteiger charge is -2.13. The predicted octanol–water partition coefficient (Wildman–Crippen LogP) is 1.56. The number of hydrogen-bond acceptors (Lipinski definition) is 4. The van der Waals surface area contributed by atoms with E-state index in [1.165, 1.54) is 28.3 Å². The van der Waals surface area contributed by atoms with Crippen LogP contribution in [-0.4, -0.2) is 15.7 Å². The molecule has 0 aromatic carbocycles. The predicted molar refractivity (Wildman–Crippen MR) is 69.8 cm³/mol. The molecule has 5 nitrogen and oxygen atoms in total. The molecule has 2 rings (SSSR count). The Bertz CT molecular complexity index is 617. The summed E-state index contributed by atoms with van der Waals surface area (Å²) in [6, 6.07) is 4.79. The number of aromatic nitrogens is 1. The highest BCUT2D eigenvalue weighted by Crippen LogP contribution is 2.10. The topological polar surface area (TPSA) is 71.3 Å². The summed E-state index contributed by atoms with van der Waals surface area (Å²) < 4.78 is 1.37. The number of aryl methyl sites for hydroxylation is 1. The molecular formula is C12H12N2O3S. The van der Waals surface area contributed by atoms with Crippen molar-refractivity contribution in [2.24, 2.45) is 0 Å². The molecule has 18 heavy (non-hydrogen) atoms. The van der Waals surface area contributed by atoms with Crippen molar-refractivity contribution < 1.29 is 9.90 Å². The Kier molecular flexibility index (Phi) is 3.47. The van der Waals surface area contributed by atoms with Crippen LogP contribution in [0, 0.1) is 0 Å². The third-order valence-corrected chi connectivity index (χ3v) is 3.31. The van der Waals surface area contributed by atoms with Gasteiger partial charge < -0.3 is 5.11 Å². The molecule has 0 atom stereocenters. The maximum absolute atomic E-state index is 11.9. The van der Waals surface area contributed by atoms with E-state index < -0.39 is 11.2 Å². The van der Waals surface area contributed by atoms with Crippen molar-refractivity contribution in [1.82, 2.24) is 4.68 Å². The van der Waals surface area contributed by atoms with Gasteiger partial charge in [0, 0.05) is 11.8 Å². The molecule has 0 saturated heterocycles. The smallest absolute Gasteiger partial charge is 0.280 e. The molecule has 6 heteroatoms. The molecule has 0 aliphatic heterocycles. The zero-order valence-electron chi connectivity index (χ0n) is 9.71. The van der Waals surface area contributed by atoms with Crippen LogP contribution in [0.4, 0.5) is 0 Å². The normalized spacial score (nSPS) is 10.3. The Labute approximate surface area is 107 Å². The molecule has 2 heterocycles. The maximum atomic E-state index is 11.9. The van der Waals surface area contributed by atoms with Crippen molar-refractivity contribution in [3.63, 3.8) is 0 Å². The fraction of sp³-hybridized carbons (Fsp3) is 0.167. The molecule has 2 aromatic rings. The molecular weight excluding hydrogens is 252 g/mol. The number of carbonyl (C=O) groups excluding carboxylic acids is 1. The lowest BCUT2D eigenvalue weighted by molar-refractivity contribution is 0.101. The summed E-state index contributed by atoms with van der Waals surface area (Å²) in [6.45, 7) is 1.86. The van der Waals surface area contributed by atoms with Crippen LogP contribution in [-0.2, 0) is 6.42 Å². The lowest BCUT2D eigenvalue weighted by Crippen LogP contribution is -2.26. The van der Waals surface area contributed by atoms with Crippen molar-refractivity contribution in [3.8, 4) is 5.75 Å². The van der Waals surface area contributed by atoms with Gasteiger partial charge in [0.15, 0.2) is 5.75 Å². The molecule has 0 radical (unpaired) electrons. The second-order valence-corrected chi connectivity index (χ2v) is 4.60. The largest absolute Gasteiger partial charge is 0.503 e. The average Bonchev–Trinajstić information content (AvgIpc) is 2.87. The van der Waals surface area contributed by atoms with Gasteiger partial charge in [-0.1, -0.05) is 13.0 Å². The first-order valence-electron chi connectivity index (χ1n) is 5.41. The number of carbonyl (C=O) groups is 1. The number of nitrogens with one attached hydrogen (secondary N) is 1. The second kappa shape index (κ2) is 5.05. The quantitative estimate of drug-likeness (QED) is 0.883. The third kappa shape index (κ3) is 2.43. The Morgan fingerprint density at radius 3 is 2.94 bits per heavy atom. The lowest BCUT2D eigenvalue weighted by atomic mass is 10.3. The maximum Gasteiger partial charge on any atom is 0.280 e. The number of amides is 1. The van der Waals surface area contributed by atoms with E-state index in [0.29, 0.717) is 17.0 Å². The zero-order valence-corrected chi connectivity index (χ0v) is 10.5. The van der Waals surface area contributed by atoms with E-state index in [4.69, 9.17) is 0 Å². The highest BCUT2D eigenvalue weighted by Gasteiger charge is 2.10. The molecule has 0 aliphatic carbocycles. The molecule has 0 unspecified atom stereocenters. The van der Waals surface area contributed by atoms with E-state index in [2.05, 4.69) is 5.43 Å². The first-order valence-corrected chi connectivity index (χ1v) is 6.29. The summed E-state index contributed by atoms with van der Waals surface area (Å²) in [5, 5.41) is 11.2. The van der Waals surface area contributed by atoms with Crippen LogP contribution in [0.25, 0.3) is 0 Å². The van der Waals surface area contributed by atoms with E-state index >= 15 is 0 Å². The van der Waals surface area contributed by atoms with E-state index in [0.717, 1.165) is 0 Å². The summed E-state index contributed by atoms with van der Waals surface area (Å²) in [4.78, 5) is 23.7. The van der Waals surface area contributed by atoms with Gasteiger partial charge in [0.1, 0.15) is 0 Å². The van der Waals surface area contributed by atoms with Gasteiger partial charge in [-0.05, 0) is 17.9 Å². The van der Waals surface area contributed by atoms with Gasteiger partial charge in [0.25, 0.3) is 5.91 Å². The number of rotatable bonds is 3. The van der Waals surface area contributed by atoms with Gasteiger partial charge in [-0.25, -0.2) is 0 Å². The molecule has 2 N–H and O–H groups in total. The van der Waals surface area contributed by atoms with Crippen LogP contribution in [0.3, 0.4) is 0 Å². The molecule has 0 bridgehead atoms. The van der Waals surface area contributed by atoms with E-state index in [-0.39, 0.29) is 5.91 Å².